The molecule has 2 heteroatoms. The Balaban J connectivity index is 0.972. The maximum absolute atomic E-state index is 2.46. The van der Waals surface area contributed by atoms with Gasteiger partial charge in [0.15, 0.2) is 0 Å². The van der Waals surface area contributed by atoms with E-state index in [4.69, 9.17) is 0 Å². The number of para-hydroxylation sites is 3. The Morgan fingerprint density at radius 2 is 0.671 bits per heavy atom. The van der Waals surface area contributed by atoms with Crippen molar-refractivity contribution in [3.8, 4) is 22.3 Å². The standard InChI is InChI=1S/C68H48N2/c1-7-23-51(24-8-1)67(52-25-9-2-10-26-52)61-36-20-19-35-59(61)60-45-44-58(48-64(60)67)69(55-31-15-5-16-32-55)57-42-39-49(40-43-57)50-41-46-63-66(47-50)70(56-33-17-6-18-34-56)65-38-22-21-37-62(65)68(63,53-27-11-3-12-28-53)54-29-13-4-14-30-54/h1-48H. The topological polar surface area (TPSA) is 6.48 Å². The number of hydrogen-bond donors (Lipinski definition) is 0. The van der Waals surface area contributed by atoms with Gasteiger partial charge in [-0.2, -0.15) is 0 Å². The maximum Gasteiger partial charge on any atom is 0.0742 e. The van der Waals surface area contributed by atoms with Crippen molar-refractivity contribution in [2.45, 2.75) is 10.8 Å². The monoisotopic (exact) mass is 892 g/mol. The highest BCUT2D eigenvalue weighted by Gasteiger charge is 2.48. The number of anilines is 6. The molecule has 1 aliphatic carbocycles. The number of hydrogen-bond acceptors (Lipinski definition) is 2. The normalized spacial score (nSPS) is 13.6. The van der Waals surface area contributed by atoms with Crippen LogP contribution in [0, 0.1) is 0 Å². The van der Waals surface area contributed by atoms with Crippen LogP contribution >= 0.6 is 0 Å². The predicted octanol–water partition coefficient (Wildman–Crippen LogP) is 17.4. The average Bonchev–Trinajstić information content (AvgIpc) is 3.74. The number of nitrogens with zero attached hydrogens (tertiary/aromatic N) is 2. The molecule has 70 heavy (non-hydrogen) atoms. The van der Waals surface area contributed by atoms with Gasteiger partial charge < -0.3 is 9.80 Å². The first kappa shape index (κ1) is 41.2. The number of rotatable bonds is 9. The van der Waals surface area contributed by atoms with Crippen LogP contribution in [0.25, 0.3) is 22.3 Å². The molecule has 0 fully saturated rings. The van der Waals surface area contributed by atoms with E-state index in [0.29, 0.717) is 0 Å². The Morgan fingerprint density at radius 3 is 1.26 bits per heavy atom. The smallest absolute Gasteiger partial charge is 0.0742 e. The van der Waals surface area contributed by atoms with Gasteiger partial charge in [0.2, 0.25) is 0 Å². The van der Waals surface area contributed by atoms with Crippen LogP contribution in [0.15, 0.2) is 291 Å². The van der Waals surface area contributed by atoms with E-state index in [2.05, 4.69) is 301 Å². The molecule has 0 bridgehead atoms. The first-order valence-corrected chi connectivity index (χ1v) is 24.3. The predicted molar refractivity (Wildman–Crippen MR) is 290 cm³/mol. The molecule has 330 valence electrons. The van der Waals surface area contributed by atoms with Crippen molar-refractivity contribution in [1.29, 1.82) is 0 Å². The third-order valence-electron chi connectivity index (χ3n) is 14.8. The lowest BCUT2D eigenvalue weighted by Gasteiger charge is -2.46. The Hall–Kier alpha value is -8.98. The molecule has 1 aliphatic heterocycles. The fraction of sp³-hybridized carbons (Fsp3) is 0.0294. The summed E-state index contributed by atoms with van der Waals surface area (Å²) in [5.74, 6) is 0. The molecule has 2 aliphatic rings. The van der Waals surface area contributed by atoms with Crippen LogP contribution in [0.5, 0.6) is 0 Å². The van der Waals surface area contributed by atoms with E-state index in [9.17, 15) is 0 Å². The van der Waals surface area contributed by atoms with Gasteiger partial charge >= 0.3 is 0 Å². The van der Waals surface area contributed by atoms with Crippen molar-refractivity contribution < 1.29 is 0 Å². The van der Waals surface area contributed by atoms with Crippen LogP contribution in [-0.4, -0.2) is 0 Å². The molecule has 0 atom stereocenters. The fourth-order valence-electron chi connectivity index (χ4n) is 11.9. The van der Waals surface area contributed by atoms with Crippen LogP contribution in [0.1, 0.15) is 44.5 Å². The van der Waals surface area contributed by atoms with E-state index in [0.717, 1.165) is 39.6 Å². The van der Waals surface area contributed by atoms with Gasteiger partial charge in [-0.1, -0.05) is 231 Å². The second-order valence-electron chi connectivity index (χ2n) is 18.4. The summed E-state index contributed by atoms with van der Waals surface area (Å²) in [4.78, 5) is 4.86. The van der Waals surface area contributed by atoms with E-state index in [1.807, 2.05) is 0 Å². The zero-order valence-corrected chi connectivity index (χ0v) is 38.6. The van der Waals surface area contributed by atoms with Crippen molar-refractivity contribution in [3.63, 3.8) is 0 Å². The maximum atomic E-state index is 2.46. The minimum Gasteiger partial charge on any atom is -0.310 e. The molecule has 0 amide bonds. The second kappa shape index (κ2) is 17.0. The molecule has 11 aromatic rings. The summed E-state index contributed by atoms with van der Waals surface area (Å²) in [5, 5.41) is 0. The third-order valence-corrected chi connectivity index (χ3v) is 14.8. The fourth-order valence-corrected chi connectivity index (χ4v) is 11.9. The quantitative estimate of drug-likeness (QED) is 0.142. The largest absolute Gasteiger partial charge is 0.310 e. The number of fused-ring (bicyclic) bond motifs is 5. The van der Waals surface area contributed by atoms with E-state index >= 15 is 0 Å². The van der Waals surface area contributed by atoms with Crippen molar-refractivity contribution in [3.05, 3.63) is 336 Å². The first-order valence-electron chi connectivity index (χ1n) is 24.3. The van der Waals surface area contributed by atoms with Gasteiger partial charge in [-0.3, -0.25) is 0 Å². The minimum absolute atomic E-state index is 0.504. The molecule has 0 saturated heterocycles. The molecule has 0 radical (unpaired) electrons. The van der Waals surface area contributed by atoms with Crippen LogP contribution in [0.3, 0.4) is 0 Å². The SMILES string of the molecule is c1ccc(N(c2ccc(-c3ccc4c(c3)N(c3ccccc3)c3ccccc3C4(c3ccccc3)c3ccccc3)cc2)c2ccc3c(c2)C(c2ccccc2)(c2ccccc2)c2ccccc2-3)cc1. The zero-order valence-electron chi connectivity index (χ0n) is 38.6. The summed E-state index contributed by atoms with van der Waals surface area (Å²) < 4.78 is 0. The van der Waals surface area contributed by atoms with Crippen molar-refractivity contribution in [2.75, 3.05) is 9.80 Å². The number of benzene rings is 11. The van der Waals surface area contributed by atoms with Crippen molar-refractivity contribution in [1.82, 2.24) is 0 Å². The van der Waals surface area contributed by atoms with Crippen LogP contribution in [0.2, 0.25) is 0 Å². The van der Waals surface area contributed by atoms with Gasteiger partial charge in [0.25, 0.3) is 0 Å². The highest BCUT2D eigenvalue weighted by Crippen LogP contribution is 2.59. The molecule has 1 heterocycles. The Bertz CT molecular complexity index is 3550. The third kappa shape index (κ3) is 6.34. The lowest BCUT2D eigenvalue weighted by atomic mass is 9.62. The van der Waals surface area contributed by atoms with Gasteiger partial charge in [0.1, 0.15) is 0 Å². The van der Waals surface area contributed by atoms with Crippen molar-refractivity contribution in [2.24, 2.45) is 0 Å². The molecule has 0 unspecified atom stereocenters. The molecular formula is C68H48N2. The Kier molecular flexibility index (Phi) is 9.99. The molecule has 2 nitrogen and oxygen atoms in total. The van der Waals surface area contributed by atoms with Crippen LogP contribution in [0.4, 0.5) is 34.1 Å². The molecule has 0 spiro atoms. The first-order chi connectivity index (χ1) is 34.7. The van der Waals surface area contributed by atoms with Gasteiger partial charge in [-0.25, -0.2) is 0 Å². The van der Waals surface area contributed by atoms with Gasteiger partial charge in [-0.05, 0) is 127 Å². The van der Waals surface area contributed by atoms with E-state index in [-0.39, 0.29) is 0 Å². The van der Waals surface area contributed by atoms with E-state index in [1.54, 1.807) is 0 Å². The van der Waals surface area contributed by atoms with Crippen LogP contribution < -0.4 is 9.80 Å². The Labute approximate surface area is 410 Å². The summed E-state index contributed by atoms with van der Waals surface area (Å²) in [7, 11) is 0. The van der Waals surface area contributed by atoms with E-state index in [1.165, 1.54) is 61.3 Å². The average molecular weight is 893 g/mol. The molecule has 11 aromatic carbocycles. The second-order valence-corrected chi connectivity index (χ2v) is 18.4. The molecular weight excluding hydrogens is 845 g/mol. The van der Waals surface area contributed by atoms with Crippen LogP contribution in [-0.2, 0) is 10.8 Å². The summed E-state index contributed by atoms with van der Waals surface area (Å²) >= 11 is 0. The molecule has 0 saturated carbocycles. The minimum atomic E-state index is -0.561. The summed E-state index contributed by atoms with van der Waals surface area (Å²) in [6, 6.07) is 107. The van der Waals surface area contributed by atoms with Gasteiger partial charge in [-0.15, -0.1) is 0 Å². The Morgan fingerprint density at radius 1 is 0.257 bits per heavy atom. The summed E-state index contributed by atoms with van der Waals surface area (Å²) in [6.45, 7) is 0. The summed E-state index contributed by atoms with van der Waals surface area (Å²) in [5.41, 5.74) is 20.6. The molecule has 13 rings (SSSR count). The highest BCUT2D eigenvalue weighted by molar-refractivity contribution is 5.93. The lowest BCUT2D eigenvalue weighted by molar-refractivity contribution is 0.731. The highest BCUT2D eigenvalue weighted by atomic mass is 15.2. The van der Waals surface area contributed by atoms with Gasteiger partial charge in [0.05, 0.1) is 22.2 Å². The lowest BCUT2D eigenvalue weighted by Crippen LogP contribution is -2.37. The summed E-state index contributed by atoms with van der Waals surface area (Å²) in [6.07, 6.45) is 0. The molecule has 0 N–H and O–H groups in total. The van der Waals surface area contributed by atoms with Crippen molar-refractivity contribution >= 4 is 34.1 Å². The molecule has 0 aromatic heterocycles. The van der Waals surface area contributed by atoms with Gasteiger partial charge in [0, 0.05) is 22.7 Å². The van der Waals surface area contributed by atoms with E-state index < -0.39 is 10.8 Å². The zero-order chi connectivity index (χ0) is 46.5.